The lowest BCUT2D eigenvalue weighted by atomic mass is 10.1. The number of carbonyl (C=O) groups is 10. The van der Waals surface area contributed by atoms with Crippen molar-refractivity contribution in [3.05, 3.63) is 0 Å². The summed E-state index contributed by atoms with van der Waals surface area (Å²) in [5.74, 6) is -13.5. The van der Waals surface area contributed by atoms with Crippen LogP contribution in [0.1, 0.15) is 38.5 Å². The van der Waals surface area contributed by atoms with Crippen LogP contribution in [0.4, 0.5) is 0 Å². The average molecular weight is 754 g/mol. The highest BCUT2D eigenvalue weighted by Gasteiger charge is 2.33. The molecular formula is C27H43N7O18. The number of carbonyl (C=O) groups excluding carboxylic acids is 6. The number of aliphatic hydroxyl groups excluding tert-OH is 4. The zero-order valence-corrected chi connectivity index (χ0v) is 27.4. The second-order valence-electron chi connectivity index (χ2n) is 10.8. The second kappa shape index (κ2) is 23.8. The number of carboxylic acid groups (broad SMARTS) is 4. The molecule has 25 heteroatoms. The lowest BCUT2D eigenvalue weighted by Crippen LogP contribution is -2.61. The van der Waals surface area contributed by atoms with E-state index in [0.29, 0.717) is 0 Å². The molecule has 16 N–H and O–H groups in total. The molecule has 0 aromatic carbocycles. The molecular weight excluding hydrogens is 710 g/mol. The van der Waals surface area contributed by atoms with E-state index < -0.39 is 167 Å². The van der Waals surface area contributed by atoms with Crippen molar-refractivity contribution >= 4 is 59.3 Å². The number of nitrogens with one attached hydrogen (secondary N) is 6. The summed E-state index contributed by atoms with van der Waals surface area (Å²) in [4.78, 5) is 121. The van der Waals surface area contributed by atoms with Crippen molar-refractivity contribution in [1.29, 1.82) is 0 Å². The van der Waals surface area contributed by atoms with Crippen molar-refractivity contribution in [2.24, 2.45) is 5.73 Å². The molecule has 0 saturated heterocycles. The average Bonchev–Trinajstić information content (AvgIpc) is 3.08. The molecule has 0 aromatic rings. The summed E-state index contributed by atoms with van der Waals surface area (Å²) in [6.45, 7) is -4.29. The van der Waals surface area contributed by atoms with E-state index in [9.17, 15) is 58.2 Å². The summed E-state index contributed by atoms with van der Waals surface area (Å²) in [5.41, 5.74) is 5.38. The summed E-state index contributed by atoms with van der Waals surface area (Å²) >= 11 is 0. The Labute approximate surface area is 293 Å². The Morgan fingerprint density at radius 2 is 0.635 bits per heavy atom. The van der Waals surface area contributed by atoms with Gasteiger partial charge in [0.1, 0.15) is 42.3 Å². The summed E-state index contributed by atoms with van der Waals surface area (Å²) in [6, 6.07) is -12.5. The van der Waals surface area contributed by atoms with Gasteiger partial charge in [-0.25, -0.2) is 4.79 Å². The molecule has 294 valence electrons. The van der Waals surface area contributed by atoms with E-state index in [0.717, 1.165) is 0 Å². The van der Waals surface area contributed by atoms with Crippen LogP contribution >= 0.6 is 0 Å². The minimum Gasteiger partial charge on any atom is -0.481 e. The lowest BCUT2D eigenvalue weighted by Gasteiger charge is -2.26. The molecule has 7 atom stereocenters. The Morgan fingerprint density at radius 3 is 0.885 bits per heavy atom. The molecule has 0 bridgehead atoms. The molecule has 0 aliphatic heterocycles. The molecule has 6 amide bonds. The van der Waals surface area contributed by atoms with Gasteiger partial charge in [0.15, 0.2) is 0 Å². The molecule has 0 aliphatic rings. The first-order valence-corrected chi connectivity index (χ1v) is 15.2. The van der Waals surface area contributed by atoms with Gasteiger partial charge in [-0.2, -0.15) is 0 Å². The van der Waals surface area contributed by atoms with Crippen molar-refractivity contribution < 1.29 is 88.8 Å². The maximum atomic E-state index is 13.1. The van der Waals surface area contributed by atoms with Crippen molar-refractivity contribution in [1.82, 2.24) is 31.9 Å². The molecule has 0 saturated carbocycles. The van der Waals surface area contributed by atoms with Crippen molar-refractivity contribution in [2.45, 2.75) is 80.8 Å². The van der Waals surface area contributed by atoms with Crippen molar-refractivity contribution in [3.8, 4) is 0 Å². The Balaban J connectivity index is 6.01. The van der Waals surface area contributed by atoms with Crippen LogP contribution in [0.3, 0.4) is 0 Å². The molecule has 0 aliphatic carbocycles. The SMILES string of the molecule is N[C@@H](CO)C(=O)N[C@@H](CCC(=O)O)C(=O)N[C@@H](CO)C(=O)N[C@@H](CCC(=O)O)C(=O)N[C@@H](CO)C(=O)N[C@@H](CCC(=O)O)C(=O)N[C@@H](CO)C(=O)O. The summed E-state index contributed by atoms with van der Waals surface area (Å²) in [6.07, 6.45) is -4.05. The minimum absolute atomic E-state index is 0.542. The van der Waals surface area contributed by atoms with Gasteiger partial charge in [-0.1, -0.05) is 0 Å². The van der Waals surface area contributed by atoms with E-state index >= 15 is 0 Å². The third-order valence-corrected chi connectivity index (χ3v) is 6.80. The third kappa shape index (κ3) is 17.4. The van der Waals surface area contributed by atoms with Crippen LogP contribution in [0.15, 0.2) is 0 Å². The van der Waals surface area contributed by atoms with E-state index in [1.54, 1.807) is 0 Å². The van der Waals surface area contributed by atoms with Crippen LogP contribution in [-0.2, 0) is 47.9 Å². The van der Waals surface area contributed by atoms with E-state index in [-0.39, 0.29) is 0 Å². The number of rotatable bonds is 26. The maximum absolute atomic E-state index is 13.1. The molecule has 0 spiro atoms. The smallest absolute Gasteiger partial charge is 0.328 e. The van der Waals surface area contributed by atoms with E-state index in [2.05, 4.69) is 5.32 Å². The first-order valence-electron chi connectivity index (χ1n) is 15.2. The van der Waals surface area contributed by atoms with Gasteiger partial charge < -0.3 is 78.5 Å². The Kier molecular flexibility index (Phi) is 21.3. The van der Waals surface area contributed by atoms with Crippen LogP contribution in [0.2, 0.25) is 0 Å². The summed E-state index contributed by atoms with van der Waals surface area (Å²) in [7, 11) is 0. The standard InChI is InChI=1S/C27H43N7O18/c28-11(7-35)21(45)29-12(1-4-18(39)40)22(46)32-15(8-36)25(49)30-13(2-5-19(41)42)23(47)33-16(9-37)26(50)31-14(3-6-20(43)44)24(48)34-17(10-38)27(51)52/h11-17,35-38H,1-10,28H2,(H,29,45)(H,30,49)(H,31,50)(H,32,46)(H,33,47)(H,34,48)(H,39,40)(H,41,42)(H,43,44)(H,51,52)/t11-,12-,13-,14-,15-,16-,17-/m0/s1. The van der Waals surface area contributed by atoms with Gasteiger partial charge in [-0.3, -0.25) is 43.2 Å². The van der Waals surface area contributed by atoms with Gasteiger partial charge in [-0.05, 0) is 19.3 Å². The van der Waals surface area contributed by atoms with Crippen LogP contribution < -0.4 is 37.6 Å². The third-order valence-electron chi connectivity index (χ3n) is 6.80. The fourth-order valence-corrected chi connectivity index (χ4v) is 3.91. The van der Waals surface area contributed by atoms with Gasteiger partial charge in [0.25, 0.3) is 0 Å². The first kappa shape index (κ1) is 46.5. The fourth-order valence-electron chi connectivity index (χ4n) is 3.91. The Hall–Kier alpha value is -5.50. The number of aliphatic carboxylic acids is 4. The fraction of sp³-hybridized carbons (Fsp3) is 0.630. The molecule has 0 heterocycles. The first-order chi connectivity index (χ1) is 24.3. The second-order valence-corrected chi connectivity index (χ2v) is 10.8. The number of amides is 6. The number of nitrogens with two attached hydrogens (primary N) is 1. The molecule has 52 heavy (non-hydrogen) atoms. The normalized spacial score (nSPS) is 14.8. The van der Waals surface area contributed by atoms with Gasteiger partial charge >= 0.3 is 23.9 Å². The zero-order valence-electron chi connectivity index (χ0n) is 27.4. The monoisotopic (exact) mass is 753 g/mol. The predicted octanol–water partition coefficient (Wildman–Crippen LogP) is -8.13. The maximum Gasteiger partial charge on any atom is 0.328 e. The van der Waals surface area contributed by atoms with E-state index in [1.165, 1.54) is 0 Å². The lowest BCUT2D eigenvalue weighted by molar-refractivity contribution is -0.144. The van der Waals surface area contributed by atoms with Crippen LogP contribution in [-0.4, -0.2) is 169 Å². The minimum atomic E-state index is -1.96. The quantitative estimate of drug-likeness (QED) is 0.0390. The Bertz CT molecular complexity index is 1310. The highest BCUT2D eigenvalue weighted by Crippen LogP contribution is 2.05. The van der Waals surface area contributed by atoms with Crippen LogP contribution in [0.5, 0.6) is 0 Å². The molecule has 0 radical (unpaired) electrons. The Morgan fingerprint density at radius 1 is 0.385 bits per heavy atom. The summed E-state index contributed by atoms with van der Waals surface area (Å²) < 4.78 is 0. The van der Waals surface area contributed by atoms with Crippen LogP contribution in [0, 0.1) is 0 Å². The number of hydrogen-bond donors (Lipinski definition) is 15. The van der Waals surface area contributed by atoms with Gasteiger partial charge in [0, 0.05) is 19.3 Å². The van der Waals surface area contributed by atoms with Gasteiger partial charge in [-0.15, -0.1) is 0 Å². The van der Waals surface area contributed by atoms with Crippen LogP contribution in [0.25, 0.3) is 0 Å². The highest BCUT2D eigenvalue weighted by atomic mass is 16.4. The van der Waals surface area contributed by atoms with Gasteiger partial charge in [0.2, 0.25) is 35.4 Å². The van der Waals surface area contributed by atoms with Gasteiger partial charge in [0.05, 0.1) is 26.4 Å². The highest BCUT2D eigenvalue weighted by molar-refractivity contribution is 5.97. The molecule has 0 fully saturated rings. The zero-order chi connectivity index (χ0) is 40.1. The molecule has 0 aromatic heterocycles. The van der Waals surface area contributed by atoms with E-state index in [1.807, 2.05) is 26.6 Å². The van der Waals surface area contributed by atoms with Crippen molar-refractivity contribution in [2.75, 3.05) is 26.4 Å². The summed E-state index contributed by atoms with van der Waals surface area (Å²) in [5, 5.41) is 85.9. The molecule has 0 rings (SSSR count). The predicted molar refractivity (Wildman–Crippen MR) is 166 cm³/mol. The molecule has 25 nitrogen and oxygen atoms in total. The molecule has 0 unspecified atom stereocenters. The number of carboxylic acids is 4. The topological polar surface area (TPSA) is 431 Å². The van der Waals surface area contributed by atoms with Crippen molar-refractivity contribution in [3.63, 3.8) is 0 Å². The number of hydrogen-bond acceptors (Lipinski definition) is 15. The largest absolute Gasteiger partial charge is 0.481 e. The number of aliphatic hydroxyl groups is 4. The van der Waals surface area contributed by atoms with E-state index in [4.69, 9.17) is 36.4 Å².